The van der Waals surface area contributed by atoms with Crippen LogP contribution in [0.1, 0.15) is 22.3 Å². The minimum absolute atomic E-state index is 0.0781. The fraction of sp³-hybridized carbons (Fsp3) is 0.429. The van der Waals surface area contributed by atoms with Crippen LogP contribution >= 0.6 is 11.8 Å². The summed E-state index contributed by atoms with van der Waals surface area (Å²) in [4.78, 5) is 22.2. The van der Waals surface area contributed by atoms with Gasteiger partial charge in [0.15, 0.2) is 0 Å². The number of nitrogens with one attached hydrogen (secondary N) is 1. The van der Waals surface area contributed by atoms with Crippen molar-refractivity contribution in [1.29, 1.82) is 0 Å². The summed E-state index contributed by atoms with van der Waals surface area (Å²) in [7, 11) is 0. The maximum absolute atomic E-state index is 11.6. The second-order valence-electron chi connectivity index (χ2n) is 4.61. The van der Waals surface area contributed by atoms with Gasteiger partial charge in [0.25, 0.3) is 0 Å². The number of hydrogen-bond acceptors (Lipinski definition) is 3. The van der Waals surface area contributed by atoms with Gasteiger partial charge in [0, 0.05) is 6.54 Å². The van der Waals surface area contributed by atoms with E-state index in [1.54, 1.807) is 0 Å². The second-order valence-corrected chi connectivity index (χ2v) is 5.60. The highest BCUT2D eigenvalue weighted by molar-refractivity contribution is 8.00. The lowest BCUT2D eigenvalue weighted by atomic mass is 10.00. The first kappa shape index (κ1) is 15.6. The molecule has 0 radical (unpaired) electrons. The average Bonchev–Trinajstić information content (AvgIpc) is 2.26. The highest BCUT2D eigenvalue weighted by atomic mass is 32.2. The average molecular weight is 280 g/mol. The molecule has 1 aromatic rings. The van der Waals surface area contributed by atoms with Crippen LogP contribution < -0.4 is 11.1 Å². The SMILES string of the molecule is Cc1cc(C)c(CNC(=O)CSCC(N)=O)c(C)c1. The molecule has 0 heterocycles. The number of hydrogen-bond donors (Lipinski definition) is 2. The lowest BCUT2D eigenvalue weighted by molar-refractivity contribution is -0.118. The van der Waals surface area contributed by atoms with Crippen LogP contribution in [-0.2, 0) is 16.1 Å². The predicted molar refractivity (Wildman–Crippen MR) is 79.0 cm³/mol. The summed E-state index contributed by atoms with van der Waals surface area (Å²) in [6, 6.07) is 4.21. The summed E-state index contributed by atoms with van der Waals surface area (Å²) in [5, 5.41) is 2.86. The van der Waals surface area contributed by atoms with Crippen LogP contribution in [0.15, 0.2) is 12.1 Å². The fourth-order valence-corrected chi connectivity index (χ4v) is 2.56. The number of primary amides is 1. The Morgan fingerprint density at radius 1 is 1.16 bits per heavy atom. The van der Waals surface area contributed by atoms with Gasteiger partial charge < -0.3 is 11.1 Å². The first-order valence-corrected chi connectivity index (χ1v) is 7.25. The molecule has 0 bridgehead atoms. The zero-order valence-corrected chi connectivity index (χ0v) is 12.4. The molecule has 0 fully saturated rings. The Bertz CT molecular complexity index is 463. The van der Waals surface area contributed by atoms with Crippen molar-refractivity contribution in [3.63, 3.8) is 0 Å². The van der Waals surface area contributed by atoms with Crippen LogP contribution in [0.2, 0.25) is 0 Å². The molecule has 0 aliphatic rings. The monoisotopic (exact) mass is 280 g/mol. The van der Waals surface area contributed by atoms with E-state index >= 15 is 0 Å². The summed E-state index contributed by atoms with van der Waals surface area (Å²) in [5.41, 5.74) is 9.75. The Balaban J connectivity index is 2.48. The number of thioether (sulfide) groups is 1. The van der Waals surface area contributed by atoms with Crippen LogP contribution in [0.5, 0.6) is 0 Å². The number of amides is 2. The van der Waals surface area contributed by atoms with Crippen molar-refractivity contribution in [2.45, 2.75) is 27.3 Å². The number of carbonyl (C=O) groups excluding carboxylic acids is 2. The van der Waals surface area contributed by atoms with Crippen molar-refractivity contribution in [3.8, 4) is 0 Å². The van der Waals surface area contributed by atoms with E-state index in [2.05, 4.69) is 24.4 Å². The molecule has 0 aliphatic carbocycles. The Morgan fingerprint density at radius 2 is 1.74 bits per heavy atom. The molecule has 0 spiro atoms. The predicted octanol–water partition coefficient (Wildman–Crippen LogP) is 1.45. The fourth-order valence-electron chi connectivity index (χ4n) is 1.97. The van der Waals surface area contributed by atoms with Gasteiger partial charge in [0.1, 0.15) is 0 Å². The molecular weight excluding hydrogens is 260 g/mol. The number of aryl methyl sites for hydroxylation is 3. The van der Waals surface area contributed by atoms with Gasteiger partial charge in [0.2, 0.25) is 11.8 Å². The van der Waals surface area contributed by atoms with Gasteiger partial charge in [-0.25, -0.2) is 0 Å². The minimum Gasteiger partial charge on any atom is -0.369 e. The van der Waals surface area contributed by atoms with Crippen molar-refractivity contribution in [3.05, 3.63) is 34.4 Å². The lowest BCUT2D eigenvalue weighted by Crippen LogP contribution is -2.26. The zero-order chi connectivity index (χ0) is 14.4. The second kappa shape index (κ2) is 7.19. The molecule has 0 saturated heterocycles. The molecule has 0 saturated carbocycles. The minimum atomic E-state index is -0.400. The maximum atomic E-state index is 11.6. The number of benzene rings is 1. The quantitative estimate of drug-likeness (QED) is 0.828. The summed E-state index contributed by atoms with van der Waals surface area (Å²) >= 11 is 1.23. The molecule has 104 valence electrons. The molecular formula is C14H20N2O2S. The largest absolute Gasteiger partial charge is 0.369 e. The molecule has 5 heteroatoms. The Hall–Kier alpha value is -1.49. The van der Waals surface area contributed by atoms with Crippen LogP contribution in [0.4, 0.5) is 0 Å². The molecule has 0 aromatic heterocycles. The van der Waals surface area contributed by atoms with E-state index in [1.165, 1.54) is 28.5 Å². The highest BCUT2D eigenvalue weighted by Crippen LogP contribution is 2.16. The molecule has 1 rings (SSSR count). The molecule has 2 amide bonds. The number of nitrogens with two attached hydrogens (primary N) is 1. The number of rotatable bonds is 6. The highest BCUT2D eigenvalue weighted by Gasteiger charge is 2.07. The van der Waals surface area contributed by atoms with E-state index in [4.69, 9.17) is 5.73 Å². The van der Waals surface area contributed by atoms with E-state index in [9.17, 15) is 9.59 Å². The van der Waals surface area contributed by atoms with E-state index in [-0.39, 0.29) is 17.4 Å². The Morgan fingerprint density at radius 3 is 2.26 bits per heavy atom. The van der Waals surface area contributed by atoms with Gasteiger partial charge >= 0.3 is 0 Å². The first-order valence-electron chi connectivity index (χ1n) is 6.09. The Kier molecular flexibility index (Phi) is 5.89. The first-order chi connectivity index (χ1) is 8.90. The third kappa shape index (κ3) is 5.34. The molecule has 1 aromatic carbocycles. The van der Waals surface area contributed by atoms with Gasteiger partial charge in [-0.2, -0.15) is 0 Å². The summed E-state index contributed by atoms with van der Waals surface area (Å²) in [6.45, 7) is 6.67. The van der Waals surface area contributed by atoms with Gasteiger partial charge in [-0.05, 0) is 37.5 Å². The summed E-state index contributed by atoms with van der Waals surface area (Å²) in [5.74, 6) is -0.0447. The smallest absolute Gasteiger partial charge is 0.230 e. The van der Waals surface area contributed by atoms with Gasteiger partial charge in [-0.1, -0.05) is 17.7 Å². The van der Waals surface area contributed by atoms with Crippen LogP contribution in [0.3, 0.4) is 0 Å². The molecule has 0 atom stereocenters. The third-order valence-electron chi connectivity index (χ3n) is 2.78. The Labute approximate surface area is 118 Å². The number of carbonyl (C=O) groups is 2. The van der Waals surface area contributed by atoms with Crippen molar-refractivity contribution >= 4 is 23.6 Å². The van der Waals surface area contributed by atoms with Crippen molar-refractivity contribution in [1.82, 2.24) is 5.32 Å². The van der Waals surface area contributed by atoms with E-state index in [0.717, 1.165) is 5.56 Å². The third-order valence-corrected chi connectivity index (χ3v) is 3.74. The van der Waals surface area contributed by atoms with Crippen molar-refractivity contribution < 1.29 is 9.59 Å². The maximum Gasteiger partial charge on any atom is 0.230 e. The van der Waals surface area contributed by atoms with E-state index in [1.807, 2.05) is 13.8 Å². The van der Waals surface area contributed by atoms with Crippen LogP contribution in [0.25, 0.3) is 0 Å². The molecule has 0 aliphatic heterocycles. The van der Waals surface area contributed by atoms with E-state index in [0.29, 0.717) is 6.54 Å². The van der Waals surface area contributed by atoms with Crippen molar-refractivity contribution in [2.75, 3.05) is 11.5 Å². The van der Waals surface area contributed by atoms with Gasteiger partial charge in [0.05, 0.1) is 11.5 Å². The standard InChI is InChI=1S/C14H20N2O2S/c1-9-4-10(2)12(11(3)5-9)6-16-14(18)8-19-7-13(15)17/h4-5H,6-8H2,1-3H3,(H2,15,17)(H,16,18). The normalized spacial score (nSPS) is 10.3. The zero-order valence-electron chi connectivity index (χ0n) is 11.6. The topological polar surface area (TPSA) is 72.2 Å². The van der Waals surface area contributed by atoms with Crippen LogP contribution in [-0.4, -0.2) is 23.3 Å². The van der Waals surface area contributed by atoms with Gasteiger partial charge in [-0.3, -0.25) is 9.59 Å². The molecule has 0 unspecified atom stereocenters. The van der Waals surface area contributed by atoms with Gasteiger partial charge in [-0.15, -0.1) is 11.8 Å². The lowest BCUT2D eigenvalue weighted by Gasteiger charge is -2.12. The molecule has 4 nitrogen and oxygen atoms in total. The molecule has 3 N–H and O–H groups in total. The summed E-state index contributed by atoms with van der Waals surface area (Å²) in [6.07, 6.45) is 0. The van der Waals surface area contributed by atoms with Crippen molar-refractivity contribution in [2.24, 2.45) is 5.73 Å². The molecule has 19 heavy (non-hydrogen) atoms. The van der Waals surface area contributed by atoms with Crippen LogP contribution in [0, 0.1) is 20.8 Å². The van der Waals surface area contributed by atoms with E-state index < -0.39 is 5.91 Å². The summed E-state index contributed by atoms with van der Waals surface area (Å²) < 4.78 is 0.